The van der Waals surface area contributed by atoms with Crippen LogP contribution in [0.4, 0.5) is 5.13 Å². The molecule has 1 saturated carbocycles. The summed E-state index contributed by atoms with van der Waals surface area (Å²) < 4.78 is 5.99. The van der Waals surface area contributed by atoms with Crippen LogP contribution in [0.25, 0.3) is 0 Å². The van der Waals surface area contributed by atoms with Gasteiger partial charge >= 0.3 is 0 Å². The summed E-state index contributed by atoms with van der Waals surface area (Å²) in [6.07, 6.45) is 9.60. The van der Waals surface area contributed by atoms with Crippen molar-refractivity contribution in [3.8, 4) is 0 Å². The first-order valence-electron chi connectivity index (χ1n) is 7.87. The molecule has 3 rings (SSSR count). The summed E-state index contributed by atoms with van der Waals surface area (Å²) in [5, 5.41) is 2.63. The Hall–Kier alpha value is -0.650. The van der Waals surface area contributed by atoms with Gasteiger partial charge in [-0.05, 0) is 51.6 Å². The van der Waals surface area contributed by atoms with Gasteiger partial charge in [0, 0.05) is 11.4 Å². The summed E-state index contributed by atoms with van der Waals surface area (Å²) in [4.78, 5) is 6.96. The lowest BCUT2D eigenvalue weighted by Gasteiger charge is -2.38. The average molecular weight is 295 g/mol. The third kappa shape index (κ3) is 3.71. The largest absolute Gasteiger partial charge is 0.375 e. The van der Waals surface area contributed by atoms with Gasteiger partial charge in [-0.2, -0.15) is 0 Å². The molecule has 2 heterocycles. The summed E-state index contributed by atoms with van der Waals surface area (Å²) in [7, 11) is 0. The van der Waals surface area contributed by atoms with E-state index < -0.39 is 0 Å². The molecule has 20 heavy (non-hydrogen) atoms. The molecule has 2 N–H and O–H groups in total. The normalized spacial score (nSPS) is 28.6. The van der Waals surface area contributed by atoms with Crippen LogP contribution in [0.3, 0.4) is 0 Å². The second-order valence-electron chi connectivity index (χ2n) is 6.02. The number of anilines is 1. The van der Waals surface area contributed by atoms with Gasteiger partial charge in [-0.3, -0.25) is 0 Å². The lowest BCUT2D eigenvalue weighted by Crippen LogP contribution is -2.42. The van der Waals surface area contributed by atoms with Gasteiger partial charge in [0.05, 0.1) is 18.4 Å². The molecular formula is C15H25N3OS. The lowest BCUT2D eigenvalue weighted by molar-refractivity contribution is -0.00581. The van der Waals surface area contributed by atoms with Gasteiger partial charge in [-0.1, -0.05) is 6.42 Å². The minimum Gasteiger partial charge on any atom is -0.375 e. The smallest absolute Gasteiger partial charge is 0.180 e. The van der Waals surface area contributed by atoms with Crippen LogP contribution in [0.15, 0.2) is 5.38 Å². The van der Waals surface area contributed by atoms with E-state index in [9.17, 15) is 0 Å². The Morgan fingerprint density at radius 3 is 2.60 bits per heavy atom. The number of rotatable bonds is 4. The molecule has 5 heteroatoms. The van der Waals surface area contributed by atoms with Crippen LogP contribution in [-0.2, 0) is 11.3 Å². The van der Waals surface area contributed by atoms with E-state index in [1.165, 1.54) is 69.4 Å². The van der Waals surface area contributed by atoms with E-state index in [1.54, 1.807) is 0 Å². The van der Waals surface area contributed by atoms with Gasteiger partial charge in [0.2, 0.25) is 0 Å². The highest BCUT2D eigenvalue weighted by Crippen LogP contribution is 2.27. The van der Waals surface area contributed by atoms with E-state index in [0.717, 1.165) is 11.7 Å². The third-order valence-corrected chi connectivity index (χ3v) is 5.31. The molecule has 0 radical (unpaired) electrons. The fourth-order valence-electron chi connectivity index (χ4n) is 3.45. The van der Waals surface area contributed by atoms with Crippen molar-refractivity contribution in [1.82, 2.24) is 9.88 Å². The molecule has 0 bridgehead atoms. The molecule has 2 aliphatic rings. The topological polar surface area (TPSA) is 51.4 Å². The SMILES string of the molecule is Nc1nc(COC2CCC(N3CCCCC3)CC2)cs1. The van der Waals surface area contributed by atoms with Crippen LogP contribution in [0.2, 0.25) is 0 Å². The molecule has 1 aromatic heterocycles. The molecule has 1 aliphatic carbocycles. The van der Waals surface area contributed by atoms with Crippen molar-refractivity contribution in [1.29, 1.82) is 0 Å². The van der Waals surface area contributed by atoms with Crippen LogP contribution in [0.5, 0.6) is 0 Å². The number of hydrogen-bond acceptors (Lipinski definition) is 5. The second-order valence-corrected chi connectivity index (χ2v) is 6.90. The van der Waals surface area contributed by atoms with E-state index in [2.05, 4.69) is 9.88 Å². The standard InChI is InChI=1S/C15H25N3OS/c16-15-17-12(11-20-15)10-19-14-6-4-13(5-7-14)18-8-2-1-3-9-18/h11,13-14H,1-10H2,(H2,16,17). The second kappa shape index (κ2) is 6.87. The molecule has 4 nitrogen and oxygen atoms in total. The summed E-state index contributed by atoms with van der Waals surface area (Å²) in [6.45, 7) is 3.25. The molecule has 0 aromatic carbocycles. The van der Waals surface area contributed by atoms with Gasteiger partial charge < -0.3 is 15.4 Å². The third-order valence-electron chi connectivity index (χ3n) is 4.59. The predicted octanol–water partition coefficient (Wildman–Crippen LogP) is 3.04. The molecule has 2 fully saturated rings. The van der Waals surface area contributed by atoms with Crippen molar-refractivity contribution < 1.29 is 4.74 Å². The lowest BCUT2D eigenvalue weighted by atomic mass is 9.90. The molecule has 1 aromatic rings. The number of likely N-dealkylation sites (tertiary alicyclic amines) is 1. The summed E-state index contributed by atoms with van der Waals surface area (Å²) in [5.74, 6) is 0. The minimum absolute atomic E-state index is 0.416. The molecule has 1 saturated heterocycles. The highest BCUT2D eigenvalue weighted by Gasteiger charge is 2.27. The molecule has 0 amide bonds. The summed E-state index contributed by atoms with van der Waals surface area (Å²) in [6, 6.07) is 0.810. The summed E-state index contributed by atoms with van der Waals surface area (Å²) in [5.41, 5.74) is 6.61. The fraction of sp³-hybridized carbons (Fsp3) is 0.800. The number of hydrogen-bond donors (Lipinski definition) is 1. The van der Waals surface area contributed by atoms with Crippen molar-refractivity contribution in [2.75, 3.05) is 18.8 Å². The van der Waals surface area contributed by atoms with E-state index in [4.69, 9.17) is 10.5 Å². The van der Waals surface area contributed by atoms with E-state index in [0.29, 0.717) is 17.8 Å². The fourth-order valence-corrected chi connectivity index (χ4v) is 4.00. The van der Waals surface area contributed by atoms with Crippen LogP contribution >= 0.6 is 11.3 Å². The molecule has 0 spiro atoms. The Labute approximate surface area is 125 Å². The monoisotopic (exact) mass is 295 g/mol. The van der Waals surface area contributed by atoms with Crippen molar-refractivity contribution in [3.05, 3.63) is 11.1 Å². The molecule has 1 aliphatic heterocycles. The predicted molar refractivity (Wildman–Crippen MR) is 82.8 cm³/mol. The summed E-state index contributed by atoms with van der Waals surface area (Å²) >= 11 is 1.49. The zero-order valence-corrected chi connectivity index (χ0v) is 12.9. The number of ether oxygens (including phenoxy) is 1. The van der Waals surface area contributed by atoms with Gasteiger partial charge in [0.15, 0.2) is 5.13 Å². The van der Waals surface area contributed by atoms with E-state index >= 15 is 0 Å². The Morgan fingerprint density at radius 1 is 1.20 bits per heavy atom. The highest BCUT2D eigenvalue weighted by molar-refractivity contribution is 7.13. The van der Waals surface area contributed by atoms with E-state index in [-0.39, 0.29) is 0 Å². The molecule has 0 atom stereocenters. The Balaban J connectivity index is 1.39. The maximum atomic E-state index is 5.99. The Morgan fingerprint density at radius 2 is 1.95 bits per heavy atom. The maximum absolute atomic E-state index is 5.99. The molecule has 0 unspecified atom stereocenters. The Bertz CT molecular complexity index is 409. The number of aromatic nitrogens is 1. The number of nitrogens with two attached hydrogens (primary N) is 1. The van der Waals surface area contributed by atoms with Gasteiger partial charge in [0.1, 0.15) is 0 Å². The average Bonchev–Trinajstić information content (AvgIpc) is 2.92. The molecular weight excluding hydrogens is 270 g/mol. The first-order valence-corrected chi connectivity index (χ1v) is 8.75. The van der Waals surface area contributed by atoms with Crippen LogP contribution in [-0.4, -0.2) is 35.1 Å². The number of nitrogens with zero attached hydrogens (tertiary/aromatic N) is 2. The quantitative estimate of drug-likeness (QED) is 0.927. The number of piperidine rings is 1. The first kappa shape index (κ1) is 14.3. The molecule has 112 valence electrons. The van der Waals surface area contributed by atoms with Crippen molar-refractivity contribution in [2.24, 2.45) is 0 Å². The van der Waals surface area contributed by atoms with E-state index in [1.807, 2.05) is 5.38 Å². The van der Waals surface area contributed by atoms with Crippen molar-refractivity contribution in [3.63, 3.8) is 0 Å². The number of thiazole rings is 1. The Kier molecular flexibility index (Phi) is 4.91. The van der Waals surface area contributed by atoms with Crippen LogP contribution in [0, 0.1) is 0 Å². The zero-order chi connectivity index (χ0) is 13.8. The van der Waals surface area contributed by atoms with Crippen LogP contribution < -0.4 is 5.73 Å². The van der Waals surface area contributed by atoms with Crippen molar-refractivity contribution in [2.45, 2.75) is 63.7 Å². The van der Waals surface area contributed by atoms with Crippen LogP contribution in [0.1, 0.15) is 50.6 Å². The number of nitrogen functional groups attached to an aromatic ring is 1. The maximum Gasteiger partial charge on any atom is 0.180 e. The van der Waals surface area contributed by atoms with Gasteiger partial charge in [-0.25, -0.2) is 4.98 Å². The van der Waals surface area contributed by atoms with Gasteiger partial charge in [-0.15, -0.1) is 11.3 Å². The minimum atomic E-state index is 0.416. The van der Waals surface area contributed by atoms with Gasteiger partial charge in [0.25, 0.3) is 0 Å². The zero-order valence-electron chi connectivity index (χ0n) is 12.1. The first-order chi connectivity index (χ1) is 9.81. The van der Waals surface area contributed by atoms with Crippen molar-refractivity contribution >= 4 is 16.5 Å². The highest BCUT2D eigenvalue weighted by atomic mass is 32.1.